The lowest BCUT2D eigenvalue weighted by Crippen LogP contribution is -2.54. The van der Waals surface area contributed by atoms with Crippen molar-refractivity contribution in [3.8, 4) is 0 Å². The first kappa shape index (κ1) is 12.9. The van der Waals surface area contributed by atoms with Gasteiger partial charge in [-0.1, -0.05) is 22.0 Å². The molecule has 1 aromatic rings. The molecule has 1 aromatic carbocycles. The Hall–Kier alpha value is -0.580. The largest absolute Gasteiger partial charge is 0.394 e. The fourth-order valence-corrected chi connectivity index (χ4v) is 2.90. The van der Waals surface area contributed by atoms with Crippen LogP contribution in [0.15, 0.2) is 28.7 Å². The number of hydrogen-bond acceptors (Lipinski definition) is 3. The Morgan fingerprint density at radius 1 is 1.53 bits per heavy atom. The lowest BCUT2D eigenvalue weighted by molar-refractivity contribution is 0.124. The summed E-state index contributed by atoms with van der Waals surface area (Å²) >= 11 is 3.47. The highest BCUT2D eigenvalue weighted by molar-refractivity contribution is 9.10. The molecule has 0 aromatic heterocycles. The van der Waals surface area contributed by atoms with Gasteiger partial charge < -0.3 is 15.3 Å². The van der Waals surface area contributed by atoms with Crippen LogP contribution in [-0.4, -0.2) is 42.3 Å². The summed E-state index contributed by atoms with van der Waals surface area (Å²) in [5.74, 6) is 0. The van der Waals surface area contributed by atoms with Crippen molar-refractivity contribution in [2.75, 3.05) is 32.1 Å². The summed E-state index contributed by atoms with van der Waals surface area (Å²) in [6, 6.07) is 8.09. The second kappa shape index (κ2) is 5.38. The fraction of sp³-hybridized carbons (Fsp3) is 0.538. The van der Waals surface area contributed by atoms with Crippen LogP contribution in [0.1, 0.15) is 12.8 Å². The van der Waals surface area contributed by atoms with Crippen molar-refractivity contribution in [3.05, 3.63) is 28.7 Å². The van der Waals surface area contributed by atoms with Gasteiger partial charge in [-0.3, -0.25) is 0 Å². The quantitative estimate of drug-likeness (QED) is 0.899. The summed E-state index contributed by atoms with van der Waals surface area (Å²) < 4.78 is 1.06. The molecule has 1 aliphatic rings. The van der Waals surface area contributed by atoms with Crippen LogP contribution in [0.5, 0.6) is 0 Å². The van der Waals surface area contributed by atoms with Crippen LogP contribution in [0, 0.1) is 0 Å². The van der Waals surface area contributed by atoms with E-state index in [0.29, 0.717) is 0 Å². The van der Waals surface area contributed by atoms with Crippen LogP contribution in [0.25, 0.3) is 0 Å². The number of nitrogens with one attached hydrogen (secondary N) is 1. The summed E-state index contributed by atoms with van der Waals surface area (Å²) in [7, 11) is 2.10. The smallest absolute Gasteiger partial charge is 0.0730 e. The minimum atomic E-state index is -0.201. The van der Waals surface area contributed by atoms with Gasteiger partial charge in [-0.15, -0.1) is 0 Å². The molecule has 1 heterocycles. The van der Waals surface area contributed by atoms with Crippen LogP contribution in [-0.2, 0) is 0 Å². The number of aliphatic hydroxyl groups excluding tert-OH is 1. The molecule has 4 heteroatoms. The number of anilines is 1. The zero-order valence-corrected chi connectivity index (χ0v) is 11.7. The molecule has 0 saturated carbocycles. The van der Waals surface area contributed by atoms with E-state index in [1.54, 1.807) is 0 Å². The molecule has 0 bridgehead atoms. The van der Waals surface area contributed by atoms with E-state index in [-0.39, 0.29) is 12.1 Å². The Bertz CT molecular complexity index is 385. The van der Waals surface area contributed by atoms with Crippen LogP contribution in [0.4, 0.5) is 5.69 Å². The van der Waals surface area contributed by atoms with Crippen molar-refractivity contribution in [1.29, 1.82) is 0 Å². The molecule has 0 aliphatic carbocycles. The van der Waals surface area contributed by atoms with Crippen LogP contribution in [0.3, 0.4) is 0 Å². The first-order valence-electron chi connectivity index (χ1n) is 5.97. The molecule has 2 N–H and O–H groups in total. The van der Waals surface area contributed by atoms with E-state index in [2.05, 4.69) is 33.2 Å². The van der Waals surface area contributed by atoms with Crippen molar-refractivity contribution in [3.63, 3.8) is 0 Å². The van der Waals surface area contributed by atoms with Crippen molar-refractivity contribution in [2.24, 2.45) is 0 Å². The van der Waals surface area contributed by atoms with Crippen LogP contribution in [0.2, 0.25) is 0 Å². The number of nitrogens with zero attached hydrogens (tertiary/aromatic N) is 1. The van der Waals surface area contributed by atoms with Gasteiger partial charge in [-0.2, -0.15) is 0 Å². The van der Waals surface area contributed by atoms with Crippen molar-refractivity contribution in [1.82, 2.24) is 4.90 Å². The Kier molecular flexibility index (Phi) is 4.07. The van der Waals surface area contributed by atoms with Gasteiger partial charge in [0.25, 0.3) is 0 Å². The van der Waals surface area contributed by atoms with Gasteiger partial charge in [0, 0.05) is 16.7 Å². The van der Waals surface area contributed by atoms with Crippen LogP contribution >= 0.6 is 15.9 Å². The summed E-state index contributed by atoms with van der Waals surface area (Å²) in [5.41, 5.74) is 0.858. The van der Waals surface area contributed by atoms with Crippen molar-refractivity contribution in [2.45, 2.75) is 18.4 Å². The zero-order valence-electron chi connectivity index (χ0n) is 10.1. The lowest BCUT2D eigenvalue weighted by atomic mass is 9.89. The van der Waals surface area contributed by atoms with Crippen molar-refractivity contribution >= 4 is 21.6 Å². The van der Waals surface area contributed by atoms with E-state index in [4.69, 9.17) is 0 Å². The zero-order chi connectivity index (χ0) is 12.3. The van der Waals surface area contributed by atoms with E-state index >= 15 is 0 Å². The van der Waals surface area contributed by atoms with Gasteiger partial charge in [-0.05, 0) is 44.6 Å². The fourth-order valence-electron chi connectivity index (χ4n) is 2.51. The van der Waals surface area contributed by atoms with E-state index in [1.165, 1.54) is 0 Å². The van der Waals surface area contributed by atoms with Gasteiger partial charge >= 0.3 is 0 Å². The highest BCUT2D eigenvalue weighted by Gasteiger charge is 2.33. The molecule has 17 heavy (non-hydrogen) atoms. The third-order valence-electron chi connectivity index (χ3n) is 3.30. The third-order valence-corrected chi connectivity index (χ3v) is 3.80. The highest BCUT2D eigenvalue weighted by atomic mass is 79.9. The number of halogens is 1. The average molecular weight is 299 g/mol. The van der Waals surface area contributed by atoms with Crippen LogP contribution < -0.4 is 5.32 Å². The summed E-state index contributed by atoms with van der Waals surface area (Å²) in [5, 5.41) is 13.2. The standard InChI is InChI=1S/C13H19BrN2O/c1-16-7-3-6-13(9-16,10-17)15-12-5-2-4-11(14)8-12/h2,4-5,8,15,17H,3,6-7,9-10H2,1H3. The van der Waals surface area contributed by atoms with E-state index in [0.717, 1.165) is 36.1 Å². The lowest BCUT2D eigenvalue weighted by Gasteiger charge is -2.41. The maximum Gasteiger partial charge on any atom is 0.0730 e. The number of benzene rings is 1. The molecule has 1 saturated heterocycles. The minimum Gasteiger partial charge on any atom is -0.394 e. The average Bonchev–Trinajstić information content (AvgIpc) is 2.29. The molecule has 94 valence electrons. The number of hydrogen-bond donors (Lipinski definition) is 2. The predicted molar refractivity (Wildman–Crippen MR) is 74.3 cm³/mol. The molecule has 1 aliphatic heterocycles. The van der Waals surface area contributed by atoms with Gasteiger partial charge in [0.2, 0.25) is 0 Å². The van der Waals surface area contributed by atoms with E-state index in [1.807, 2.05) is 24.3 Å². The molecule has 2 rings (SSSR count). The second-order valence-electron chi connectivity index (χ2n) is 4.92. The van der Waals surface area contributed by atoms with Crippen molar-refractivity contribution < 1.29 is 5.11 Å². The summed E-state index contributed by atoms with van der Waals surface area (Å²) in [4.78, 5) is 2.27. The van der Waals surface area contributed by atoms with Gasteiger partial charge in [0.05, 0.1) is 12.1 Å². The molecule has 0 spiro atoms. The number of likely N-dealkylation sites (N-methyl/N-ethyl adjacent to an activating group) is 1. The van der Waals surface area contributed by atoms with Gasteiger partial charge in [0.15, 0.2) is 0 Å². The molecular formula is C13H19BrN2O. The molecule has 1 unspecified atom stereocenters. The van der Waals surface area contributed by atoms with Gasteiger partial charge in [0.1, 0.15) is 0 Å². The first-order chi connectivity index (χ1) is 8.13. The molecule has 0 amide bonds. The molecule has 1 atom stereocenters. The molecular weight excluding hydrogens is 280 g/mol. The maximum absolute atomic E-state index is 9.69. The second-order valence-corrected chi connectivity index (χ2v) is 5.83. The topological polar surface area (TPSA) is 35.5 Å². The van der Waals surface area contributed by atoms with E-state index < -0.39 is 0 Å². The Labute approximate surface area is 111 Å². The number of rotatable bonds is 3. The highest BCUT2D eigenvalue weighted by Crippen LogP contribution is 2.26. The SMILES string of the molecule is CN1CCCC(CO)(Nc2cccc(Br)c2)C1. The van der Waals surface area contributed by atoms with Gasteiger partial charge in [-0.25, -0.2) is 0 Å². The Balaban J connectivity index is 2.13. The van der Waals surface area contributed by atoms with E-state index in [9.17, 15) is 5.11 Å². The first-order valence-corrected chi connectivity index (χ1v) is 6.76. The maximum atomic E-state index is 9.69. The Morgan fingerprint density at radius 2 is 2.35 bits per heavy atom. The summed E-state index contributed by atoms with van der Waals surface area (Å²) in [6.45, 7) is 2.17. The molecule has 3 nitrogen and oxygen atoms in total. The third kappa shape index (κ3) is 3.21. The molecule has 1 fully saturated rings. The number of aliphatic hydroxyl groups is 1. The number of piperidine rings is 1. The summed E-state index contributed by atoms with van der Waals surface area (Å²) in [6.07, 6.45) is 2.14. The Morgan fingerprint density at radius 3 is 3.00 bits per heavy atom. The normalized spacial score (nSPS) is 25.8. The minimum absolute atomic E-state index is 0.170. The monoisotopic (exact) mass is 298 g/mol. The molecule has 0 radical (unpaired) electrons. The predicted octanol–water partition coefficient (Wildman–Crippen LogP) is 2.32. The number of likely N-dealkylation sites (tertiary alicyclic amines) is 1.